The van der Waals surface area contributed by atoms with Crippen molar-refractivity contribution in [3.63, 3.8) is 0 Å². The predicted molar refractivity (Wildman–Crippen MR) is 128 cm³/mol. The van der Waals surface area contributed by atoms with Gasteiger partial charge in [-0.1, -0.05) is 23.5 Å². The van der Waals surface area contributed by atoms with E-state index in [1.807, 2.05) is 24.3 Å². The quantitative estimate of drug-likeness (QED) is 0.305. The minimum absolute atomic E-state index is 0.228. The van der Waals surface area contributed by atoms with Crippen molar-refractivity contribution in [1.29, 1.82) is 0 Å². The van der Waals surface area contributed by atoms with Gasteiger partial charge in [-0.25, -0.2) is 24.3 Å². The van der Waals surface area contributed by atoms with Crippen LogP contribution >= 0.6 is 11.3 Å². The summed E-state index contributed by atoms with van der Waals surface area (Å²) in [4.78, 5) is 26.2. The molecule has 168 valence electrons. The molecule has 5 rings (SSSR count). The van der Waals surface area contributed by atoms with Crippen molar-refractivity contribution in [1.82, 2.24) is 35.2 Å². The van der Waals surface area contributed by atoms with Crippen LogP contribution in [0, 0.1) is 5.82 Å². The number of hydrogen-bond acceptors (Lipinski definition) is 8. The van der Waals surface area contributed by atoms with E-state index in [1.165, 1.54) is 12.4 Å². The van der Waals surface area contributed by atoms with Gasteiger partial charge in [-0.3, -0.25) is 4.98 Å². The van der Waals surface area contributed by atoms with Crippen molar-refractivity contribution in [3.05, 3.63) is 71.3 Å². The Labute approximate surface area is 193 Å². The molecule has 10 heteroatoms. The number of aromatic nitrogens is 6. The molecule has 0 radical (unpaired) electrons. The Morgan fingerprint density at radius 2 is 2.00 bits per heavy atom. The molecule has 33 heavy (non-hydrogen) atoms. The summed E-state index contributed by atoms with van der Waals surface area (Å²) in [6.07, 6.45) is 4.66. The first-order chi connectivity index (χ1) is 16.2. The van der Waals surface area contributed by atoms with Crippen LogP contribution in [0.3, 0.4) is 0 Å². The lowest BCUT2D eigenvalue weighted by Crippen LogP contribution is -2.30. The molecule has 4 heterocycles. The fourth-order valence-corrected chi connectivity index (χ4v) is 4.66. The van der Waals surface area contributed by atoms with Gasteiger partial charge in [-0.2, -0.15) is 0 Å². The molecule has 5 aromatic rings. The Morgan fingerprint density at radius 3 is 2.88 bits per heavy atom. The average molecular weight is 463 g/mol. The molecular formula is C23H23FN8S. The highest BCUT2D eigenvalue weighted by molar-refractivity contribution is 7.18. The van der Waals surface area contributed by atoms with Crippen LogP contribution < -0.4 is 10.6 Å². The molecule has 0 spiro atoms. The summed E-state index contributed by atoms with van der Waals surface area (Å²) in [5.74, 6) is 1.21. The first kappa shape index (κ1) is 21.4. The summed E-state index contributed by atoms with van der Waals surface area (Å²) in [6, 6.07) is 11.2. The Balaban J connectivity index is 1.19. The zero-order valence-corrected chi connectivity index (χ0v) is 18.9. The summed E-state index contributed by atoms with van der Waals surface area (Å²) >= 11 is 1.55. The molecule has 1 aromatic carbocycles. The molecular weight excluding hydrogens is 439 g/mol. The van der Waals surface area contributed by atoms with Gasteiger partial charge in [0.05, 0.1) is 28.3 Å². The van der Waals surface area contributed by atoms with E-state index in [9.17, 15) is 4.39 Å². The minimum Gasteiger partial charge on any atom is -0.362 e. The monoisotopic (exact) mass is 462 g/mol. The van der Waals surface area contributed by atoms with Crippen LogP contribution in [0.2, 0.25) is 0 Å². The first-order valence-electron chi connectivity index (χ1n) is 10.8. The summed E-state index contributed by atoms with van der Waals surface area (Å²) in [6.45, 7) is 3.18. The first-order valence-corrected chi connectivity index (χ1v) is 11.6. The number of halogens is 1. The molecule has 8 nitrogen and oxygen atoms in total. The standard InChI is InChI=1S/C23H23FN8S/c1-14(25-10-8-19-30-16-6-2-3-7-17(16)31-19)11-20-32-21-22(28-13-29-23(21)33-20)27-12-18-15(24)5-4-9-26-18/h2-7,9,13-14,25H,8,10-12H2,1H3,(H,30,31)(H,27,28,29)/t14-/m0/s1. The zero-order valence-electron chi connectivity index (χ0n) is 18.0. The van der Waals surface area contributed by atoms with E-state index in [4.69, 9.17) is 4.98 Å². The lowest BCUT2D eigenvalue weighted by Gasteiger charge is -2.11. The van der Waals surface area contributed by atoms with Crippen LogP contribution in [0.15, 0.2) is 48.9 Å². The Kier molecular flexibility index (Phi) is 6.18. The Morgan fingerprint density at radius 1 is 1.09 bits per heavy atom. The number of thiazole rings is 1. The van der Waals surface area contributed by atoms with Crippen molar-refractivity contribution < 1.29 is 4.39 Å². The van der Waals surface area contributed by atoms with Gasteiger partial charge < -0.3 is 15.6 Å². The Hall–Kier alpha value is -3.50. The molecule has 1 atom stereocenters. The fourth-order valence-electron chi connectivity index (χ4n) is 3.62. The third kappa shape index (κ3) is 4.96. The lowest BCUT2D eigenvalue weighted by atomic mass is 10.2. The van der Waals surface area contributed by atoms with Gasteiger partial charge in [-0.15, -0.1) is 0 Å². The van der Waals surface area contributed by atoms with Gasteiger partial charge in [0.1, 0.15) is 28.3 Å². The number of rotatable bonds is 9. The summed E-state index contributed by atoms with van der Waals surface area (Å²) in [5.41, 5.74) is 3.09. The maximum atomic E-state index is 13.9. The third-order valence-electron chi connectivity index (χ3n) is 5.27. The largest absolute Gasteiger partial charge is 0.362 e. The highest BCUT2D eigenvalue weighted by Crippen LogP contribution is 2.25. The van der Waals surface area contributed by atoms with Crippen molar-refractivity contribution in [2.75, 3.05) is 11.9 Å². The summed E-state index contributed by atoms with van der Waals surface area (Å²) in [5, 5.41) is 7.65. The Bertz CT molecular complexity index is 1350. The molecule has 0 aliphatic carbocycles. The predicted octanol–water partition coefficient (Wildman–Crippen LogP) is 3.87. The molecule has 0 amide bonds. The lowest BCUT2D eigenvalue weighted by molar-refractivity contribution is 0.544. The van der Waals surface area contributed by atoms with Crippen LogP contribution in [-0.4, -0.2) is 42.5 Å². The number of fused-ring (bicyclic) bond motifs is 2. The van der Waals surface area contributed by atoms with Crippen molar-refractivity contribution in [2.24, 2.45) is 0 Å². The minimum atomic E-state index is -0.350. The molecule has 4 aromatic heterocycles. The van der Waals surface area contributed by atoms with Crippen molar-refractivity contribution in [3.8, 4) is 0 Å². The van der Waals surface area contributed by atoms with Gasteiger partial charge in [0, 0.05) is 31.6 Å². The molecule has 0 aliphatic heterocycles. The van der Waals surface area contributed by atoms with E-state index in [2.05, 4.69) is 42.5 Å². The second-order valence-corrected chi connectivity index (χ2v) is 8.84. The van der Waals surface area contributed by atoms with Gasteiger partial charge in [0.15, 0.2) is 5.82 Å². The van der Waals surface area contributed by atoms with Crippen LogP contribution in [0.1, 0.15) is 23.4 Å². The second-order valence-electron chi connectivity index (χ2n) is 7.78. The topological polar surface area (TPSA) is 104 Å². The average Bonchev–Trinajstić information content (AvgIpc) is 3.42. The maximum Gasteiger partial charge on any atom is 0.157 e. The zero-order chi connectivity index (χ0) is 22.6. The number of para-hydroxylation sites is 2. The molecule has 0 unspecified atom stereocenters. The second kappa shape index (κ2) is 9.55. The van der Waals surface area contributed by atoms with Gasteiger partial charge in [0.2, 0.25) is 0 Å². The van der Waals surface area contributed by atoms with E-state index in [0.29, 0.717) is 17.0 Å². The van der Waals surface area contributed by atoms with E-state index < -0.39 is 0 Å². The van der Waals surface area contributed by atoms with Crippen molar-refractivity contribution in [2.45, 2.75) is 32.4 Å². The number of aromatic amines is 1. The number of H-pyrrole nitrogens is 1. The molecule has 0 aliphatic rings. The number of nitrogens with one attached hydrogen (secondary N) is 3. The van der Waals surface area contributed by atoms with Crippen molar-refractivity contribution >= 4 is 38.5 Å². The number of hydrogen-bond donors (Lipinski definition) is 3. The van der Waals surface area contributed by atoms with Crippen LogP contribution in [0.25, 0.3) is 21.4 Å². The van der Waals surface area contributed by atoms with Gasteiger partial charge in [0.25, 0.3) is 0 Å². The molecule has 0 fully saturated rings. The van der Waals surface area contributed by atoms with E-state index >= 15 is 0 Å². The number of anilines is 1. The van der Waals surface area contributed by atoms with Crippen LogP contribution in [0.4, 0.5) is 10.2 Å². The highest BCUT2D eigenvalue weighted by atomic mass is 32.1. The van der Waals surface area contributed by atoms with Gasteiger partial charge >= 0.3 is 0 Å². The number of nitrogens with zero attached hydrogens (tertiary/aromatic N) is 5. The smallest absolute Gasteiger partial charge is 0.157 e. The van der Waals surface area contributed by atoms with Gasteiger partial charge in [-0.05, 0) is 31.2 Å². The van der Waals surface area contributed by atoms with E-state index in [-0.39, 0.29) is 18.4 Å². The number of pyridine rings is 1. The SMILES string of the molecule is C[C@@H](Cc1nc2c(NCc3ncccc3F)ncnc2s1)NCCc1nc2ccccc2[nH]1. The van der Waals surface area contributed by atoms with E-state index in [0.717, 1.165) is 46.1 Å². The van der Waals surface area contributed by atoms with Crippen LogP contribution in [0.5, 0.6) is 0 Å². The summed E-state index contributed by atoms with van der Waals surface area (Å²) < 4.78 is 13.9. The maximum absolute atomic E-state index is 13.9. The van der Waals surface area contributed by atoms with Crippen LogP contribution in [-0.2, 0) is 19.4 Å². The third-order valence-corrected chi connectivity index (χ3v) is 6.26. The normalized spacial score (nSPS) is 12.4. The molecule has 0 saturated heterocycles. The number of imidazole rings is 1. The fraction of sp³-hybridized carbons (Fsp3) is 0.261. The molecule has 0 saturated carbocycles. The highest BCUT2D eigenvalue weighted by Gasteiger charge is 2.14. The van der Waals surface area contributed by atoms with E-state index in [1.54, 1.807) is 23.6 Å². The number of benzene rings is 1. The molecule has 0 bridgehead atoms. The molecule has 3 N–H and O–H groups in total. The summed E-state index contributed by atoms with van der Waals surface area (Å²) in [7, 11) is 0.